The van der Waals surface area contributed by atoms with E-state index in [0.717, 1.165) is 6.54 Å². The molecule has 0 spiro atoms. The van der Waals surface area contributed by atoms with Gasteiger partial charge in [-0.2, -0.15) is 0 Å². The molecule has 1 aliphatic carbocycles. The van der Waals surface area contributed by atoms with Crippen LogP contribution in [0.25, 0.3) is 0 Å². The van der Waals surface area contributed by atoms with Crippen LogP contribution < -0.4 is 5.32 Å². The van der Waals surface area contributed by atoms with E-state index in [2.05, 4.69) is 48.6 Å². The van der Waals surface area contributed by atoms with Crippen molar-refractivity contribution in [1.82, 2.24) is 5.32 Å². The van der Waals surface area contributed by atoms with E-state index in [9.17, 15) is 0 Å². The second-order valence-electron chi connectivity index (χ2n) is 5.39. The number of nitrogens with one attached hydrogen (secondary N) is 1. The molecule has 100 valence electrons. The molecule has 3 rings (SSSR count). The Morgan fingerprint density at radius 3 is 2.74 bits per heavy atom. The predicted molar refractivity (Wildman–Crippen MR) is 82.7 cm³/mol. The summed E-state index contributed by atoms with van der Waals surface area (Å²) in [5, 5.41) is 3.63. The Bertz CT molecular complexity index is 506. The van der Waals surface area contributed by atoms with Crippen molar-refractivity contribution in [1.29, 1.82) is 0 Å². The average Bonchev–Trinajstić information content (AvgIpc) is 2.90. The number of thiophene rings is 1. The number of benzene rings is 1. The molecule has 2 heteroatoms. The lowest BCUT2D eigenvalue weighted by atomic mass is 9.99. The first-order chi connectivity index (χ1) is 9.33. The molecule has 1 heterocycles. The van der Waals surface area contributed by atoms with Crippen LogP contribution in [0.15, 0.2) is 36.4 Å². The first kappa shape index (κ1) is 12.9. The van der Waals surface area contributed by atoms with E-state index in [1.807, 2.05) is 11.3 Å². The normalized spacial score (nSPS) is 16.1. The van der Waals surface area contributed by atoms with Crippen LogP contribution in [0, 0.1) is 0 Å². The number of rotatable bonds is 4. The summed E-state index contributed by atoms with van der Waals surface area (Å²) in [4.78, 5) is 3.14. The van der Waals surface area contributed by atoms with E-state index in [1.165, 1.54) is 36.1 Å². The summed E-state index contributed by atoms with van der Waals surface area (Å²) in [5.74, 6) is 0. The van der Waals surface area contributed by atoms with E-state index in [1.54, 1.807) is 10.4 Å². The van der Waals surface area contributed by atoms with Gasteiger partial charge in [0.1, 0.15) is 0 Å². The van der Waals surface area contributed by atoms with E-state index < -0.39 is 0 Å². The molecule has 0 saturated heterocycles. The van der Waals surface area contributed by atoms with Crippen molar-refractivity contribution in [2.75, 3.05) is 0 Å². The van der Waals surface area contributed by atoms with Crippen molar-refractivity contribution in [3.63, 3.8) is 0 Å². The van der Waals surface area contributed by atoms with Gasteiger partial charge in [-0.1, -0.05) is 30.3 Å². The molecule has 1 atom stereocenters. The molecule has 1 aromatic heterocycles. The number of aryl methyl sites for hydroxylation is 2. The zero-order chi connectivity index (χ0) is 13.1. The maximum absolute atomic E-state index is 3.63. The van der Waals surface area contributed by atoms with Crippen molar-refractivity contribution in [2.24, 2.45) is 0 Å². The standard InChI is InChI=1S/C17H21NS/c1-13(18-12-14-7-3-2-4-8-14)17-11-15-9-5-6-10-16(15)19-17/h2-4,7-8,11,13,18H,5-6,9-10,12H2,1H3. The van der Waals surface area contributed by atoms with Crippen LogP contribution in [0.5, 0.6) is 0 Å². The minimum absolute atomic E-state index is 0.454. The van der Waals surface area contributed by atoms with E-state index >= 15 is 0 Å². The first-order valence-corrected chi connectivity index (χ1v) is 8.03. The first-order valence-electron chi connectivity index (χ1n) is 7.22. The fourth-order valence-corrected chi connectivity index (χ4v) is 3.98. The Kier molecular flexibility index (Phi) is 4.00. The molecule has 1 aromatic carbocycles. The molecule has 0 amide bonds. The van der Waals surface area contributed by atoms with Gasteiger partial charge in [-0.15, -0.1) is 11.3 Å². The molecule has 1 aliphatic rings. The summed E-state index contributed by atoms with van der Waals surface area (Å²) >= 11 is 2.02. The van der Waals surface area contributed by atoms with Crippen molar-refractivity contribution < 1.29 is 0 Å². The van der Waals surface area contributed by atoms with Crippen LogP contribution in [-0.4, -0.2) is 0 Å². The van der Waals surface area contributed by atoms with Crippen LogP contribution in [0.2, 0.25) is 0 Å². The highest BCUT2D eigenvalue weighted by Gasteiger charge is 2.16. The van der Waals surface area contributed by atoms with Crippen LogP contribution in [0.3, 0.4) is 0 Å². The van der Waals surface area contributed by atoms with Crippen LogP contribution >= 0.6 is 11.3 Å². The highest BCUT2D eigenvalue weighted by Crippen LogP contribution is 2.32. The molecule has 0 saturated carbocycles. The molecular weight excluding hydrogens is 250 g/mol. The Labute approximate surface area is 119 Å². The second kappa shape index (κ2) is 5.89. The number of fused-ring (bicyclic) bond motifs is 1. The highest BCUT2D eigenvalue weighted by atomic mass is 32.1. The molecule has 0 aliphatic heterocycles. The molecule has 1 N–H and O–H groups in total. The minimum Gasteiger partial charge on any atom is -0.305 e. The Morgan fingerprint density at radius 1 is 1.16 bits per heavy atom. The lowest BCUT2D eigenvalue weighted by molar-refractivity contribution is 0.582. The highest BCUT2D eigenvalue weighted by molar-refractivity contribution is 7.12. The van der Waals surface area contributed by atoms with E-state index in [4.69, 9.17) is 0 Å². The molecule has 2 aromatic rings. The molecule has 1 unspecified atom stereocenters. The average molecular weight is 271 g/mol. The molecule has 0 bridgehead atoms. The van der Waals surface area contributed by atoms with Crippen LogP contribution in [0.1, 0.15) is 46.7 Å². The van der Waals surface area contributed by atoms with Gasteiger partial charge in [0, 0.05) is 22.3 Å². The van der Waals surface area contributed by atoms with E-state index in [-0.39, 0.29) is 0 Å². The summed E-state index contributed by atoms with van der Waals surface area (Å²) in [6.45, 7) is 3.23. The Balaban J connectivity index is 1.64. The molecule has 1 nitrogen and oxygen atoms in total. The van der Waals surface area contributed by atoms with Gasteiger partial charge in [0.05, 0.1) is 0 Å². The van der Waals surface area contributed by atoms with Gasteiger partial charge < -0.3 is 5.32 Å². The molecule has 0 fully saturated rings. The summed E-state index contributed by atoms with van der Waals surface area (Å²) in [5.41, 5.74) is 2.97. The lowest BCUT2D eigenvalue weighted by Crippen LogP contribution is -2.17. The number of hydrogen-bond acceptors (Lipinski definition) is 2. The van der Waals surface area contributed by atoms with Gasteiger partial charge in [0.2, 0.25) is 0 Å². The minimum atomic E-state index is 0.454. The van der Waals surface area contributed by atoms with Gasteiger partial charge in [-0.3, -0.25) is 0 Å². The summed E-state index contributed by atoms with van der Waals surface area (Å²) in [6.07, 6.45) is 5.33. The Hall–Kier alpha value is -1.12. The molecular formula is C17H21NS. The smallest absolute Gasteiger partial charge is 0.0389 e. The third kappa shape index (κ3) is 3.07. The zero-order valence-electron chi connectivity index (χ0n) is 11.5. The molecule has 19 heavy (non-hydrogen) atoms. The summed E-state index contributed by atoms with van der Waals surface area (Å²) in [7, 11) is 0. The van der Waals surface area contributed by atoms with E-state index in [0.29, 0.717) is 6.04 Å². The maximum Gasteiger partial charge on any atom is 0.0389 e. The number of hydrogen-bond donors (Lipinski definition) is 1. The van der Waals surface area contributed by atoms with Crippen molar-refractivity contribution in [2.45, 2.75) is 45.2 Å². The fraction of sp³-hybridized carbons (Fsp3) is 0.412. The van der Waals surface area contributed by atoms with Gasteiger partial charge in [0.15, 0.2) is 0 Å². The second-order valence-corrected chi connectivity index (χ2v) is 6.56. The maximum atomic E-state index is 3.63. The topological polar surface area (TPSA) is 12.0 Å². The van der Waals surface area contributed by atoms with Crippen LogP contribution in [0.4, 0.5) is 0 Å². The zero-order valence-corrected chi connectivity index (χ0v) is 12.3. The monoisotopic (exact) mass is 271 g/mol. The van der Waals surface area contributed by atoms with Crippen LogP contribution in [-0.2, 0) is 19.4 Å². The summed E-state index contributed by atoms with van der Waals surface area (Å²) < 4.78 is 0. The van der Waals surface area contributed by atoms with Gasteiger partial charge in [0.25, 0.3) is 0 Å². The van der Waals surface area contributed by atoms with Crippen molar-refractivity contribution >= 4 is 11.3 Å². The fourth-order valence-electron chi connectivity index (χ4n) is 2.69. The third-order valence-corrected chi connectivity index (χ3v) is 5.32. The van der Waals surface area contributed by atoms with Gasteiger partial charge in [-0.05, 0) is 49.8 Å². The SMILES string of the molecule is CC(NCc1ccccc1)c1cc2c(s1)CCCC2. The van der Waals surface area contributed by atoms with Gasteiger partial charge >= 0.3 is 0 Å². The van der Waals surface area contributed by atoms with Crippen molar-refractivity contribution in [3.8, 4) is 0 Å². The van der Waals surface area contributed by atoms with Gasteiger partial charge in [-0.25, -0.2) is 0 Å². The van der Waals surface area contributed by atoms with Crippen molar-refractivity contribution in [3.05, 3.63) is 57.3 Å². The quantitative estimate of drug-likeness (QED) is 0.864. The predicted octanol–water partition coefficient (Wildman–Crippen LogP) is 4.48. The largest absolute Gasteiger partial charge is 0.305 e. The lowest BCUT2D eigenvalue weighted by Gasteiger charge is -2.12. The summed E-state index contributed by atoms with van der Waals surface area (Å²) in [6, 6.07) is 13.5. The Morgan fingerprint density at radius 2 is 1.95 bits per heavy atom. The third-order valence-electron chi connectivity index (χ3n) is 3.90. The molecule has 0 radical (unpaired) electrons.